The van der Waals surface area contributed by atoms with Gasteiger partial charge in [0.05, 0.1) is 16.5 Å². The molecule has 0 bridgehead atoms. The van der Waals surface area contributed by atoms with Gasteiger partial charge in [-0.25, -0.2) is 14.4 Å². The van der Waals surface area contributed by atoms with Crippen molar-refractivity contribution in [1.29, 1.82) is 0 Å². The number of rotatable bonds is 5. The summed E-state index contributed by atoms with van der Waals surface area (Å²) in [5.74, 6) is 0.223. The van der Waals surface area contributed by atoms with Gasteiger partial charge in [-0.1, -0.05) is 23.4 Å². The van der Waals surface area contributed by atoms with E-state index in [9.17, 15) is 9.18 Å². The molecule has 0 atom stereocenters. The van der Waals surface area contributed by atoms with Crippen LogP contribution < -0.4 is 5.32 Å². The molecule has 24 heavy (non-hydrogen) atoms. The molecule has 0 unspecified atom stereocenters. The number of nitrogens with one attached hydrogen (secondary N) is 1. The molecule has 0 saturated heterocycles. The minimum absolute atomic E-state index is 0.173. The summed E-state index contributed by atoms with van der Waals surface area (Å²) in [4.78, 5) is 20.4. The van der Waals surface area contributed by atoms with Crippen LogP contribution in [-0.2, 0) is 4.79 Å². The molecular weight excluding hydrogens is 369 g/mol. The van der Waals surface area contributed by atoms with Crippen LogP contribution in [0.5, 0.6) is 0 Å². The quantitative estimate of drug-likeness (QED) is 0.651. The van der Waals surface area contributed by atoms with Crippen LogP contribution in [0, 0.1) is 5.82 Å². The van der Waals surface area contributed by atoms with E-state index < -0.39 is 0 Å². The molecule has 8 heteroatoms. The lowest BCUT2D eigenvalue weighted by Crippen LogP contribution is -2.14. The highest BCUT2D eigenvalue weighted by Gasteiger charge is 2.09. The third kappa shape index (κ3) is 4.53. The smallest absolute Gasteiger partial charge is 0.235 e. The number of aromatic nitrogens is 2. The summed E-state index contributed by atoms with van der Waals surface area (Å²) in [5.41, 5.74) is 1.61. The molecule has 0 radical (unpaired) electrons. The molecule has 1 amide bonds. The largest absolute Gasteiger partial charge is 0.310 e. The molecule has 1 aromatic carbocycles. The highest BCUT2D eigenvalue weighted by molar-refractivity contribution is 8.01. The Balaban J connectivity index is 1.56. The van der Waals surface area contributed by atoms with Gasteiger partial charge < -0.3 is 5.32 Å². The second kappa shape index (κ2) is 7.74. The molecule has 0 fully saturated rings. The lowest BCUT2D eigenvalue weighted by molar-refractivity contribution is -0.113. The summed E-state index contributed by atoms with van der Waals surface area (Å²) in [6, 6.07) is 9.45. The fourth-order valence-corrected chi connectivity index (χ4v) is 3.58. The second-order valence-corrected chi connectivity index (χ2v) is 7.22. The molecule has 3 rings (SSSR count). The van der Waals surface area contributed by atoms with Gasteiger partial charge in [0.25, 0.3) is 0 Å². The first-order valence-corrected chi connectivity index (χ1v) is 9.10. The molecular formula is C16H11ClFN3OS2. The maximum absolute atomic E-state index is 12.9. The predicted octanol–water partition coefficient (Wildman–Crippen LogP) is 4.73. The number of thiazole rings is 1. The normalized spacial score (nSPS) is 10.6. The van der Waals surface area contributed by atoms with Crippen molar-refractivity contribution < 1.29 is 9.18 Å². The van der Waals surface area contributed by atoms with Gasteiger partial charge in [0, 0.05) is 17.1 Å². The van der Waals surface area contributed by atoms with Crippen molar-refractivity contribution in [1.82, 2.24) is 9.97 Å². The van der Waals surface area contributed by atoms with E-state index in [4.69, 9.17) is 11.6 Å². The summed E-state index contributed by atoms with van der Waals surface area (Å²) in [7, 11) is 0. The van der Waals surface area contributed by atoms with E-state index in [2.05, 4.69) is 15.3 Å². The van der Waals surface area contributed by atoms with E-state index in [0.29, 0.717) is 10.8 Å². The fourth-order valence-electron chi connectivity index (χ4n) is 1.83. The Kier molecular flexibility index (Phi) is 5.44. The number of anilines is 1. The second-order valence-electron chi connectivity index (χ2n) is 4.70. The number of nitrogens with zero attached hydrogens (tertiary/aromatic N) is 2. The highest BCUT2D eigenvalue weighted by atomic mass is 35.5. The van der Waals surface area contributed by atoms with Crippen LogP contribution in [0.3, 0.4) is 0 Å². The van der Waals surface area contributed by atoms with E-state index in [1.54, 1.807) is 24.3 Å². The zero-order valence-electron chi connectivity index (χ0n) is 12.2. The van der Waals surface area contributed by atoms with E-state index in [-0.39, 0.29) is 17.5 Å². The van der Waals surface area contributed by atoms with Crippen LogP contribution in [-0.4, -0.2) is 21.6 Å². The zero-order valence-corrected chi connectivity index (χ0v) is 14.6. The third-order valence-electron chi connectivity index (χ3n) is 2.94. The molecule has 0 aliphatic heterocycles. The Labute approximate surface area is 151 Å². The molecule has 1 N–H and O–H groups in total. The highest BCUT2D eigenvalue weighted by Crippen LogP contribution is 2.28. The number of thioether (sulfide) groups is 1. The zero-order chi connectivity index (χ0) is 16.9. The topological polar surface area (TPSA) is 54.9 Å². The van der Waals surface area contributed by atoms with Crippen LogP contribution in [0.25, 0.3) is 11.3 Å². The minimum Gasteiger partial charge on any atom is -0.310 e. The lowest BCUT2D eigenvalue weighted by atomic mass is 10.2. The molecule has 122 valence electrons. The molecule has 2 heterocycles. The molecule has 4 nitrogen and oxygen atoms in total. The summed E-state index contributed by atoms with van der Waals surface area (Å²) >= 11 is 8.52. The summed E-state index contributed by atoms with van der Waals surface area (Å²) in [5, 5.41) is 5.09. The van der Waals surface area contributed by atoms with Gasteiger partial charge in [-0.05, 0) is 36.4 Å². The Morgan fingerprint density at radius 1 is 1.25 bits per heavy atom. The lowest BCUT2D eigenvalue weighted by Gasteiger charge is -2.03. The van der Waals surface area contributed by atoms with Crippen molar-refractivity contribution >= 4 is 46.4 Å². The van der Waals surface area contributed by atoms with Crippen molar-refractivity contribution in [3.8, 4) is 11.3 Å². The van der Waals surface area contributed by atoms with Crippen molar-refractivity contribution in [3.05, 3.63) is 58.8 Å². The van der Waals surface area contributed by atoms with Crippen molar-refractivity contribution in [2.45, 2.75) is 4.34 Å². The maximum atomic E-state index is 12.9. The SMILES string of the molecule is O=C(CSc1nc(-c2ccc(F)cc2)cs1)Nc1ccc(Cl)cn1. The summed E-state index contributed by atoms with van der Waals surface area (Å²) in [6.45, 7) is 0. The Hall–Kier alpha value is -1.96. The molecule has 0 saturated carbocycles. The number of amides is 1. The number of carbonyl (C=O) groups excluding carboxylic acids is 1. The predicted molar refractivity (Wildman–Crippen MR) is 96.1 cm³/mol. The monoisotopic (exact) mass is 379 g/mol. The number of hydrogen-bond acceptors (Lipinski definition) is 5. The number of pyridine rings is 1. The van der Waals surface area contributed by atoms with E-state index >= 15 is 0 Å². The van der Waals surface area contributed by atoms with Crippen LogP contribution in [0.1, 0.15) is 0 Å². The van der Waals surface area contributed by atoms with E-state index in [0.717, 1.165) is 15.6 Å². The molecule has 3 aromatic rings. The molecule has 0 aliphatic rings. The van der Waals surface area contributed by atoms with Crippen molar-refractivity contribution in [3.63, 3.8) is 0 Å². The molecule has 0 spiro atoms. The molecule has 2 aromatic heterocycles. The maximum Gasteiger partial charge on any atom is 0.235 e. The Morgan fingerprint density at radius 3 is 2.75 bits per heavy atom. The van der Waals surface area contributed by atoms with Crippen LogP contribution in [0.2, 0.25) is 5.02 Å². The van der Waals surface area contributed by atoms with Crippen molar-refractivity contribution in [2.24, 2.45) is 0 Å². The minimum atomic E-state index is -0.281. The van der Waals surface area contributed by atoms with Gasteiger partial charge in [-0.2, -0.15) is 0 Å². The number of carbonyl (C=O) groups is 1. The van der Waals surface area contributed by atoms with Crippen LogP contribution in [0.15, 0.2) is 52.3 Å². The van der Waals surface area contributed by atoms with Gasteiger partial charge >= 0.3 is 0 Å². The number of halogens is 2. The van der Waals surface area contributed by atoms with Gasteiger partial charge in [0.2, 0.25) is 5.91 Å². The first-order valence-electron chi connectivity index (χ1n) is 6.86. The summed E-state index contributed by atoms with van der Waals surface area (Å²) < 4.78 is 13.7. The average Bonchev–Trinajstić information content (AvgIpc) is 3.05. The van der Waals surface area contributed by atoms with Crippen LogP contribution >= 0.6 is 34.7 Å². The molecule has 0 aliphatic carbocycles. The van der Waals surface area contributed by atoms with Crippen LogP contribution in [0.4, 0.5) is 10.2 Å². The van der Waals surface area contributed by atoms with Gasteiger partial charge in [-0.3, -0.25) is 4.79 Å². The average molecular weight is 380 g/mol. The fraction of sp³-hybridized carbons (Fsp3) is 0.0625. The first kappa shape index (κ1) is 16.9. The number of hydrogen-bond donors (Lipinski definition) is 1. The van der Waals surface area contributed by atoms with E-state index in [1.807, 2.05) is 5.38 Å². The van der Waals surface area contributed by atoms with Gasteiger partial charge in [-0.15, -0.1) is 11.3 Å². The first-order chi connectivity index (χ1) is 11.6. The number of benzene rings is 1. The van der Waals surface area contributed by atoms with Crippen molar-refractivity contribution in [2.75, 3.05) is 11.1 Å². The van der Waals surface area contributed by atoms with Gasteiger partial charge in [0.15, 0.2) is 4.34 Å². The standard InChI is InChI=1S/C16H11ClFN3OS2/c17-11-3-6-14(19-7-11)21-15(22)9-24-16-20-13(8-23-16)10-1-4-12(18)5-2-10/h1-8H,9H2,(H,19,21,22). The summed E-state index contributed by atoms with van der Waals surface area (Å²) in [6.07, 6.45) is 1.47. The van der Waals surface area contributed by atoms with Gasteiger partial charge in [0.1, 0.15) is 11.6 Å². The van der Waals surface area contributed by atoms with E-state index in [1.165, 1.54) is 41.4 Å². The third-order valence-corrected chi connectivity index (χ3v) is 5.19. The Bertz CT molecular complexity index is 837. The Morgan fingerprint density at radius 2 is 2.04 bits per heavy atom.